The van der Waals surface area contributed by atoms with Crippen LogP contribution in [0.5, 0.6) is 0 Å². The maximum absolute atomic E-state index is 3.84. The molecule has 0 aliphatic rings. The molecule has 0 unspecified atom stereocenters. The largest absolute Gasteiger partial charge is 0.269 e. The van der Waals surface area contributed by atoms with Gasteiger partial charge >= 0.3 is 0 Å². The quantitative estimate of drug-likeness (QED) is 0.501. The Kier molecular flexibility index (Phi) is 5.56. The van der Waals surface area contributed by atoms with E-state index in [9.17, 15) is 0 Å². The van der Waals surface area contributed by atoms with E-state index in [2.05, 4.69) is 4.99 Å². The van der Waals surface area contributed by atoms with Gasteiger partial charge in [-0.05, 0) is 18.6 Å². The summed E-state index contributed by atoms with van der Waals surface area (Å²) in [7, 11) is 0. The summed E-state index contributed by atoms with van der Waals surface area (Å²) in [5.74, 6) is 0. The minimum atomic E-state index is 1.65. The Morgan fingerprint density at radius 2 is 2.29 bits per heavy atom. The molecule has 0 aliphatic heterocycles. The van der Waals surface area contributed by atoms with E-state index in [1.54, 1.807) is 24.2 Å². The Hall–Kier alpha value is -0.240. The van der Waals surface area contributed by atoms with Crippen molar-refractivity contribution in [2.24, 2.45) is 4.99 Å². The van der Waals surface area contributed by atoms with Crippen LogP contribution in [0.25, 0.3) is 0 Å². The molecule has 0 saturated heterocycles. The molecular weight excluding hydrogens is 106 g/mol. The average molecular weight is 115 g/mol. The number of hydrogen-bond acceptors (Lipinski definition) is 2. The molecule has 0 spiro atoms. The van der Waals surface area contributed by atoms with Crippen LogP contribution in [0.15, 0.2) is 16.6 Å². The first-order valence-electron chi connectivity index (χ1n) is 2.07. The van der Waals surface area contributed by atoms with Gasteiger partial charge in [0.15, 0.2) is 0 Å². The van der Waals surface area contributed by atoms with Crippen LogP contribution in [-0.4, -0.2) is 12.5 Å². The highest BCUT2D eigenvalue weighted by molar-refractivity contribution is 8.01. The van der Waals surface area contributed by atoms with Crippen molar-refractivity contribution in [1.29, 1.82) is 0 Å². The standard InChI is InChI=1S/C5H9NS/c1-3-6-4-5-7-2/h3-5H,1-2H3/b5-4-,6-3-. The van der Waals surface area contributed by atoms with Gasteiger partial charge in [0.2, 0.25) is 0 Å². The second kappa shape index (κ2) is 5.76. The zero-order valence-corrected chi connectivity index (χ0v) is 5.40. The molecule has 0 N–H and O–H groups in total. The van der Waals surface area contributed by atoms with Crippen LogP contribution in [-0.2, 0) is 0 Å². The van der Waals surface area contributed by atoms with E-state index in [0.717, 1.165) is 0 Å². The fourth-order valence-electron chi connectivity index (χ4n) is 0.182. The molecule has 0 amide bonds. The van der Waals surface area contributed by atoms with Crippen LogP contribution >= 0.6 is 11.8 Å². The van der Waals surface area contributed by atoms with Gasteiger partial charge in [-0.3, -0.25) is 4.99 Å². The van der Waals surface area contributed by atoms with Gasteiger partial charge in [0.1, 0.15) is 0 Å². The SMILES string of the molecule is C/C=N\C=C/SC. The molecule has 7 heavy (non-hydrogen) atoms. The number of thioether (sulfide) groups is 1. The van der Waals surface area contributed by atoms with Crippen LogP contribution in [0, 0.1) is 0 Å². The Morgan fingerprint density at radius 3 is 2.71 bits per heavy atom. The van der Waals surface area contributed by atoms with Crippen molar-refractivity contribution < 1.29 is 0 Å². The fourth-order valence-corrected chi connectivity index (χ4v) is 0.374. The summed E-state index contributed by atoms with van der Waals surface area (Å²) in [6.07, 6.45) is 5.53. The van der Waals surface area contributed by atoms with Crippen molar-refractivity contribution in [2.75, 3.05) is 6.26 Å². The molecule has 2 heteroatoms. The lowest BCUT2D eigenvalue weighted by atomic mass is 10.9. The van der Waals surface area contributed by atoms with Crippen LogP contribution in [0.1, 0.15) is 6.92 Å². The predicted octanol–water partition coefficient (Wildman–Crippen LogP) is 1.91. The topological polar surface area (TPSA) is 12.4 Å². The van der Waals surface area contributed by atoms with E-state index >= 15 is 0 Å². The third kappa shape index (κ3) is 5.76. The summed E-state index contributed by atoms with van der Waals surface area (Å²) in [4.78, 5) is 3.84. The molecule has 0 aromatic rings. The van der Waals surface area contributed by atoms with Gasteiger partial charge in [0.05, 0.1) is 0 Å². The Morgan fingerprint density at radius 1 is 1.57 bits per heavy atom. The molecule has 0 radical (unpaired) electrons. The van der Waals surface area contributed by atoms with E-state index in [-0.39, 0.29) is 0 Å². The highest BCUT2D eigenvalue weighted by atomic mass is 32.2. The Labute approximate surface area is 48.5 Å². The maximum atomic E-state index is 3.84. The molecule has 0 bridgehead atoms. The molecule has 0 saturated carbocycles. The van der Waals surface area contributed by atoms with Gasteiger partial charge in [-0.1, -0.05) is 0 Å². The molecule has 0 fully saturated rings. The molecule has 0 aromatic heterocycles. The highest BCUT2D eigenvalue weighted by Crippen LogP contribution is 1.91. The van der Waals surface area contributed by atoms with Crippen molar-refractivity contribution in [2.45, 2.75) is 6.92 Å². The van der Waals surface area contributed by atoms with Gasteiger partial charge in [-0.15, -0.1) is 11.8 Å². The minimum Gasteiger partial charge on any atom is -0.269 e. The normalized spacial score (nSPS) is 11.7. The van der Waals surface area contributed by atoms with E-state index < -0.39 is 0 Å². The fraction of sp³-hybridized carbons (Fsp3) is 0.400. The van der Waals surface area contributed by atoms with Gasteiger partial charge in [-0.2, -0.15) is 0 Å². The smallest absolute Gasteiger partial charge is 0.0326 e. The van der Waals surface area contributed by atoms with E-state index in [0.29, 0.717) is 0 Å². The monoisotopic (exact) mass is 115 g/mol. The van der Waals surface area contributed by atoms with Crippen molar-refractivity contribution in [3.05, 3.63) is 11.6 Å². The van der Waals surface area contributed by atoms with Gasteiger partial charge in [0, 0.05) is 12.4 Å². The first-order valence-corrected chi connectivity index (χ1v) is 3.36. The van der Waals surface area contributed by atoms with Crippen LogP contribution < -0.4 is 0 Å². The van der Waals surface area contributed by atoms with Gasteiger partial charge < -0.3 is 0 Å². The number of hydrogen-bond donors (Lipinski definition) is 0. The second-order valence-corrected chi connectivity index (χ2v) is 1.67. The van der Waals surface area contributed by atoms with Gasteiger partial charge in [-0.25, -0.2) is 0 Å². The van der Waals surface area contributed by atoms with Crippen molar-refractivity contribution in [1.82, 2.24) is 0 Å². The van der Waals surface area contributed by atoms with Crippen molar-refractivity contribution in [3.8, 4) is 0 Å². The first-order chi connectivity index (χ1) is 3.41. The third-order valence-corrected chi connectivity index (χ3v) is 0.826. The average Bonchev–Trinajstić information content (AvgIpc) is 1.69. The molecule has 0 aromatic carbocycles. The molecular formula is C5H9NS. The molecule has 0 aliphatic carbocycles. The van der Waals surface area contributed by atoms with Crippen LogP contribution in [0.2, 0.25) is 0 Å². The van der Waals surface area contributed by atoms with E-state index in [1.807, 2.05) is 18.6 Å². The third-order valence-electron chi connectivity index (χ3n) is 0.432. The molecule has 0 atom stereocenters. The molecule has 0 heterocycles. The summed E-state index contributed by atoms with van der Waals surface area (Å²) in [5.41, 5.74) is 0. The Balaban J connectivity index is 3.09. The van der Waals surface area contributed by atoms with Crippen molar-refractivity contribution >= 4 is 18.0 Å². The summed E-state index contributed by atoms with van der Waals surface area (Å²) in [6.45, 7) is 1.89. The number of nitrogens with zero attached hydrogens (tertiary/aromatic N) is 1. The summed E-state index contributed by atoms with van der Waals surface area (Å²) in [5, 5.41) is 1.93. The summed E-state index contributed by atoms with van der Waals surface area (Å²) >= 11 is 1.65. The summed E-state index contributed by atoms with van der Waals surface area (Å²) in [6, 6.07) is 0. The zero-order valence-electron chi connectivity index (χ0n) is 4.59. The van der Waals surface area contributed by atoms with Crippen LogP contribution in [0.4, 0.5) is 0 Å². The first kappa shape index (κ1) is 6.76. The second-order valence-electron chi connectivity index (χ2n) is 0.928. The minimum absolute atomic E-state index is 1.65. The lowest BCUT2D eigenvalue weighted by Crippen LogP contribution is -1.51. The highest BCUT2D eigenvalue weighted by Gasteiger charge is 1.57. The lowest BCUT2D eigenvalue weighted by Gasteiger charge is -1.71. The van der Waals surface area contributed by atoms with Gasteiger partial charge in [0.25, 0.3) is 0 Å². The molecule has 40 valence electrons. The van der Waals surface area contributed by atoms with Crippen molar-refractivity contribution in [3.63, 3.8) is 0 Å². The molecule has 0 rings (SSSR count). The summed E-state index contributed by atoms with van der Waals surface area (Å²) < 4.78 is 0. The molecule has 1 nitrogen and oxygen atoms in total. The van der Waals surface area contributed by atoms with E-state index in [4.69, 9.17) is 0 Å². The Bertz CT molecular complexity index is 76.1. The number of aliphatic imine (C=N–C) groups is 1. The number of rotatable bonds is 2. The maximum Gasteiger partial charge on any atom is 0.0326 e. The van der Waals surface area contributed by atoms with Crippen LogP contribution in [0.3, 0.4) is 0 Å². The zero-order chi connectivity index (χ0) is 5.54. The van der Waals surface area contributed by atoms with E-state index in [1.165, 1.54) is 0 Å². The lowest BCUT2D eigenvalue weighted by molar-refractivity contribution is 1.60. The predicted molar refractivity (Wildman–Crippen MR) is 36.8 cm³/mol.